The molecule has 2 heterocycles. The average molecular weight is 270 g/mol. The predicted octanol–water partition coefficient (Wildman–Crippen LogP) is 2.73. The molecular formula is C17H22N2O. The van der Waals surface area contributed by atoms with Crippen LogP contribution in [-0.2, 0) is 19.5 Å². The maximum Gasteiger partial charge on any atom is 0.105 e. The zero-order valence-electron chi connectivity index (χ0n) is 12.2. The van der Waals surface area contributed by atoms with Crippen LogP contribution in [-0.4, -0.2) is 24.5 Å². The van der Waals surface area contributed by atoms with Crippen molar-refractivity contribution in [2.24, 2.45) is 0 Å². The Hall–Kier alpha value is -1.58. The van der Waals surface area contributed by atoms with Crippen LogP contribution in [0, 0.1) is 6.92 Å². The lowest BCUT2D eigenvalue weighted by molar-refractivity contribution is 0.272. The van der Waals surface area contributed by atoms with Gasteiger partial charge in [0, 0.05) is 31.2 Å². The Morgan fingerprint density at radius 1 is 1.25 bits per heavy atom. The number of hydrogen-bond donors (Lipinski definition) is 1. The van der Waals surface area contributed by atoms with Crippen LogP contribution in [0.25, 0.3) is 0 Å². The van der Waals surface area contributed by atoms with E-state index < -0.39 is 0 Å². The molecule has 0 amide bonds. The molecule has 0 saturated heterocycles. The second-order valence-corrected chi connectivity index (χ2v) is 5.75. The third-order valence-electron chi connectivity index (χ3n) is 4.10. The van der Waals surface area contributed by atoms with E-state index in [0.29, 0.717) is 6.04 Å². The molecule has 3 rings (SSSR count). The van der Waals surface area contributed by atoms with Crippen LogP contribution < -0.4 is 5.32 Å². The van der Waals surface area contributed by atoms with Crippen molar-refractivity contribution in [2.45, 2.75) is 32.5 Å². The number of furan rings is 1. The summed E-state index contributed by atoms with van der Waals surface area (Å²) in [5, 5.41) is 3.64. The normalized spacial score (nSPS) is 18.2. The zero-order chi connectivity index (χ0) is 13.9. The molecule has 0 bridgehead atoms. The predicted molar refractivity (Wildman–Crippen MR) is 80.6 cm³/mol. The lowest BCUT2D eigenvalue weighted by atomic mass is 9.95. The van der Waals surface area contributed by atoms with Crippen molar-refractivity contribution < 1.29 is 4.42 Å². The van der Waals surface area contributed by atoms with E-state index in [9.17, 15) is 0 Å². The number of fused-ring (bicyclic) bond motifs is 1. The molecule has 0 saturated carbocycles. The number of nitrogens with zero attached hydrogens (tertiary/aromatic N) is 1. The van der Waals surface area contributed by atoms with Crippen LogP contribution in [0.4, 0.5) is 0 Å². The summed E-state index contributed by atoms with van der Waals surface area (Å²) >= 11 is 0. The zero-order valence-corrected chi connectivity index (χ0v) is 12.2. The summed E-state index contributed by atoms with van der Waals surface area (Å²) in [6, 6.07) is 11.3. The van der Waals surface area contributed by atoms with E-state index in [1.54, 1.807) is 6.26 Å². The van der Waals surface area contributed by atoms with Gasteiger partial charge in [-0.25, -0.2) is 0 Å². The van der Waals surface area contributed by atoms with Crippen LogP contribution in [0.5, 0.6) is 0 Å². The smallest absolute Gasteiger partial charge is 0.105 e. The molecule has 1 N–H and O–H groups in total. The standard InChI is InChI=1S/C17H22N2O/c1-13-16(7-8-20-13)11-19(2)12-17-9-14-5-3-4-6-15(14)10-18-17/h3-8,17-18H,9-12H2,1-2H3. The summed E-state index contributed by atoms with van der Waals surface area (Å²) in [7, 11) is 2.18. The topological polar surface area (TPSA) is 28.4 Å². The first-order valence-electron chi connectivity index (χ1n) is 7.24. The van der Waals surface area contributed by atoms with Gasteiger partial charge in [-0.05, 0) is 37.6 Å². The first-order valence-corrected chi connectivity index (χ1v) is 7.24. The maximum absolute atomic E-state index is 5.36. The van der Waals surface area contributed by atoms with E-state index in [0.717, 1.165) is 31.8 Å². The number of nitrogens with one attached hydrogen (secondary N) is 1. The third kappa shape index (κ3) is 2.94. The number of aryl methyl sites for hydroxylation is 1. The van der Waals surface area contributed by atoms with Gasteiger partial charge in [-0.15, -0.1) is 0 Å². The first-order chi connectivity index (χ1) is 9.72. The highest BCUT2D eigenvalue weighted by molar-refractivity contribution is 5.30. The van der Waals surface area contributed by atoms with E-state index in [4.69, 9.17) is 4.42 Å². The third-order valence-corrected chi connectivity index (χ3v) is 4.10. The molecule has 3 nitrogen and oxygen atoms in total. The first kappa shape index (κ1) is 13.4. The molecule has 20 heavy (non-hydrogen) atoms. The molecule has 0 spiro atoms. The number of hydrogen-bond acceptors (Lipinski definition) is 3. The molecule has 0 fully saturated rings. The van der Waals surface area contributed by atoms with E-state index in [1.165, 1.54) is 16.7 Å². The molecule has 1 unspecified atom stereocenters. The van der Waals surface area contributed by atoms with Gasteiger partial charge < -0.3 is 14.6 Å². The molecule has 1 aliphatic heterocycles. The summed E-state index contributed by atoms with van der Waals surface area (Å²) in [4.78, 5) is 2.36. The number of rotatable bonds is 4. The number of benzene rings is 1. The van der Waals surface area contributed by atoms with Crippen LogP contribution in [0.15, 0.2) is 41.0 Å². The Kier molecular flexibility index (Phi) is 3.90. The highest BCUT2D eigenvalue weighted by Crippen LogP contribution is 2.17. The van der Waals surface area contributed by atoms with Gasteiger partial charge in [0.25, 0.3) is 0 Å². The molecule has 3 heteroatoms. The summed E-state index contributed by atoms with van der Waals surface area (Å²) < 4.78 is 5.36. The Balaban J connectivity index is 1.58. The SMILES string of the molecule is Cc1occc1CN(C)CC1Cc2ccccc2CN1. The van der Waals surface area contributed by atoms with Crippen LogP contribution >= 0.6 is 0 Å². The van der Waals surface area contributed by atoms with Crippen LogP contribution in [0.1, 0.15) is 22.5 Å². The summed E-state index contributed by atoms with van der Waals surface area (Å²) in [6.45, 7) is 5.01. The second-order valence-electron chi connectivity index (χ2n) is 5.75. The van der Waals surface area contributed by atoms with Gasteiger partial charge in [0.05, 0.1) is 6.26 Å². The number of likely N-dealkylation sites (N-methyl/N-ethyl adjacent to an activating group) is 1. The van der Waals surface area contributed by atoms with Crippen molar-refractivity contribution in [1.29, 1.82) is 0 Å². The van der Waals surface area contributed by atoms with E-state index in [1.807, 2.05) is 6.92 Å². The highest BCUT2D eigenvalue weighted by atomic mass is 16.3. The largest absolute Gasteiger partial charge is 0.469 e. The molecular weight excluding hydrogens is 248 g/mol. The molecule has 1 aromatic heterocycles. The lowest BCUT2D eigenvalue weighted by Crippen LogP contribution is -2.43. The van der Waals surface area contributed by atoms with Crippen LogP contribution in [0.3, 0.4) is 0 Å². The van der Waals surface area contributed by atoms with E-state index >= 15 is 0 Å². The minimum atomic E-state index is 0.530. The second kappa shape index (κ2) is 5.81. The fraction of sp³-hybridized carbons (Fsp3) is 0.412. The monoisotopic (exact) mass is 270 g/mol. The molecule has 2 aromatic rings. The van der Waals surface area contributed by atoms with Gasteiger partial charge in [0.15, 0.2) is 0 Å². The lowest BCUT2D eigenvalue weighted by Gasteiger charge is -2.29. The minimum Gasteiger partial charge on any atom is -0.469 e. The van der Waals surface area contributed by atoms with Crippen molar-refractivity contribution in [2.75, 3.05) is 13.6 Å². The Morgan fingerprint density at radius 2 is 2.05 bits per heavy atom. The minimum absolute atomic E-state index is 0.530. The van der Waals surface area contributed by atoms with E-state index in [2.05, 4.69) is 47.6 Å². The fourth-order valence-electron chi connectivity index (χ4n) is 2.96. The van der Waals surface area contributed by atoms with Gasteiger partial charge in [-0.3, -0.25) is 0 Å². The van der Waals surface area contributed by atoms with Gasteiger partial charge in [0.1, 0.15) is 5.76 Å². The van der Waals surface area contributed by atoms with Gasteiger partial charge in [-0.1, -0.05) is 24.3 Å². The highest BCUT2D eigenvalue weighted by Gasteiger charge is 2.19. The summed E-state index contributed by atoms with van der Waals surface area (Å²) in [6.07, 6.45) is 2.89. The van der Waals surface area contributed by atoms with Crippen molar-refractivity contribution in [3.05, 3.63) is 59.0 Å². The van der Waals surface area contributed by atoms with E-state index in [-0.39, 0.29) is 0 Å². The molecule has 0 aliphatic carbocycles. The molecule has 106 valence electrons. The Morgan fingerprint density at radius 3 is 2.80 bits per heavy atom. The van der Waals surface area contributed by atoms with Gasteiger partial charge in [0.2, 0.25) is 0 Å². The molecule has 1 aromatic carbocycles. The van der Waals surface area contributed by atoms with Crippen molar-refractivity contribution in [1.82, 2.24) is 10.2 Å². The fourth-order valence-corrected chi connectivity index (χ4v) is 2.96. The maximum atomic E-state index is 5.36. The molecule has 1 atom stereocenters. The van der Waals surface area contributed by atoms with Crippen molar-refractivity contribution in [3.8, 4) is 0 Å². The van der Waals surface area contributed by atoms with Crippen LogP contribution in [0.2, 0.25) is 0 Å². The summed E-state index contributed by atoms with van der Waals surface area (Å²) in [5.74, 6) is 1.03. The van der Waals surface area contributed by atoms with Crippen molar-refractivity contribution in [3.63, 3.8) is 0 Å². The average Bonchev–Trinajstić information content (AvgIpc) is 2.84. The van der Waals surface area contributed by atoms with Gasteiger partial charge >= 0.3 is 0 Å². The quantitative estimate of drug-likeness (QED) is 0.926. The molecule has 0 radical (unpaired) electrons. The summed E-state index contributed by atoms with van der Waals surface area (Å²) in [5.41, 5.74) is 4.21. The van der Waals surface area contributed by atoms with Crippen molar-refractivity contribution >= 4 is 0 Å². The Bertz CT molecular complexity index is 576. The Labute approximate surface area is 120 Å². The molecule has 1 aliphatic rings. The van der Waals surface area contributed by atoms with Gasteiger partial charge in [-0.2, -0.15) is 0 Å².